The summed E-state index contributed by atoms with van der Waals surface area (Å²) >= 11 is 0. The first-order valence-corrected chi connectivity index (χ1v) is 7.50. The van der Waals surface area contributed by atoms with Crippen molar-refractivity contribution >= 4 is 5.97 Å². The Kier molecular flexibility index (Phi) is 7.40. The van der Waals surface area contributed by atoms with Gasteiger partial charge in [0.2, 0.25) is 0 Å². The molecule has 1 aromatic rings. The molecule has 1 rings (SSSR count). The molecule has 0 aromatic heterocycles. The summed E-state index contributed by atoms with van der Waals surface area (Å²) in [6.07, 6.45) is 0.340. The third kappa shape index (κ3) is 5.86. The number of nitrogens with zero attached hydrogens (tertiary/aromatic N) is 2. The van der Waals surface area contributed by atoms with Gasteiger partial charge in [0.05, 0.1) is 13.5 Å². The van der Waals surface area contributed by atoms with Gasteiger partial charge in [-0.2, -0.15) is 0 Å². The van der Waals surface area contributed by atoms with Gasteiger partial charge >= 0.3 is 5.97 Å². The molecule has 21 heavy (non-hydrogen) atoms. The molecule has 0 heterocycles. The van der Waals surface area contributed by atoms with Crippen molar-refractivity contribution < 1.29 is 9.53 Å². The first kappa shape index (κ1) is 17.7. The van der Waals surface area contributed by atoms with E-state index in [4.69, 9.17) is 4.74 Å². The van der Waals surface area contributed by atoms with Crippen LogP contribution < -0.4 is 0 Å². The molecule has 0 aliphatic heterocycles. The number of esters is 1. The van der Waals surface area contributed by atoms with E-state index in [1.54, 1.807) is 0 Å². The van der Waals surface area contributed by atoms with E-state index in [1.165, 1.54) is 12.7 Å². The van der Waals surface area contributed by atoms with Gasteiger partial charge in [-0.3, -0.25) is 9.69 Å². The highest BCUT2D eigenvalue weighted by Crippen LogP contribution is 2.15. The van der Waals surface area contributed by atoms with Crippen LogP contribution in [0.1, 0.15) is 25.0 Å². The maximum absolute atomic E-state index is 11.5. The molecule has 4 heteroatoms. The molecular formula is C17H28N2O2. The van der Waals surface area contributed by atoms with Crippen molar-refractivity contribution in [3.63, 3.8) is 0 Å². The number of hydrogen-bond acceptors (Lipinski definition) is 4. The fourth-order valence-electron chi connectivity index (χ4n) is 2.55. The molecule has 1 atom stereocenters. The van der Waals surface area contributed by atoms with Crippen LogP contribution >= 0.6 is 0 Å². The SMILES string of the molecule is CCN(Cc1ccccc1CC(=O)OC)C(C)CN(C)C. The van der Waals surface area contributed by atoms with E-state index < -0.39 is 0 Å². The number of benzene rings is 1. The Hall–Kier alpha value is -1.39. The lowest BCUT2D eigenvalue weighted by Crippen LogP contribution is -2.39. The number of rotatable bonds is 8. The molecule has 0 aliphatic carbocycles. The fraction of sp³-hybridized carbons (Fsp3) is 0.588. The molecule has 0 bridgehead atoms. The first-order valence-electron chi connectivity index (χ1n) is 7.50. The fourth-order valence-corrected chi connectivity index (χ4v) is 2.55. The molecule has 0 saturated heterocycles. The number of methoxy groups -OCH3 is 1. The van der Waals surface area contributed by atoms with Gasteiger partial charge in [-0.25, -0.2) is 0 Å². The number of likely N-dealkylation sites (N-methyl/N-ethyl adjacent to an activating group) is 2. The van der Waals surface area contributed by atoms with Crippen LogP contribution in [0.15, 0.2) is 24.3 Å². The maximum atomic E-state index is 11.5. The van der Waals surface area contributed by atoms with Crippen LogP contribution in [0.4, 0.5) is 0 Å². The van der Waals surface area contributed by atoms with Crippen molar-refractivity contribution in [3.8, 4) is 0 Å². The zero-order chi connectivity index (χ0) is 15.8. The van der Waals surface area contributed by atoms with Crippen molar-refractivity contribution in [2.45, 2.75) is 32.9 Å². The van der Waals surface area contributed by atoms with Gasteiger partial charge in [0.15, 0.2) is 0 Å². The molecule has 0 aliphatic rings. The number of carbonyl (C=O) groups excluding carboxylic acids is 1. The summed E-state index contributed by atoms with van der Waals surface area (Å²) in [7, 11) is 5.62. The van der Waals surface area contributed by atoms with Crippen LogP contribution in [0.5, 0.6) is 0 Å². The third-order valence-corrected chi connectivity index (χ3v) is 3.71. The van der Waals surface area contributed by atoms with Crippen molar-refractivity contribution in [1.82, 2.24) is 9.80 Å². The highest BCUT2D eigenvalue weighted by atomic mass is 16.5. The second kappa shape index (κ2) is 8.80. The predicted octanol–water partition coefficient (Wildman–Crippen LogP) is 2.17. The Morgan fingerprint density at radius 3 is 2.38 bits per heavy atom. The van der Waals surface area contributed by atoms with Crippen molar-refractivity contribution in [3.05, 3.63) is 35.4 Å². The average Bonchev–Trinajstić information content (AvgIpc) is 2.45. The lowest BCUT2D eigenvalue weighted by atomic mass is 10.0. The topological polar surface area (TPSA) is 32.8 Å². The summed E-state index contributed by atoms with van der Waals surface area (Å²) in [6.45, 7) is 7.29. The molecule has 0 N–H and O–H groups in total. The summed E-state index contributed by atoms with van der Waals surface area (Å²) in [5.74, 6) is -0.188. The van der Waals surface area contributed by atoms with E-state index in [0.29, 0.717) is 12.5 Å². The van der Waals surface area contributed by atoms with Gasteiger partial charge in [-0.15, -0.1) is 0 Å². The third-order valence-electron chi connectivity index (χ3n) is 3.71. The van der Waals surface area contributed by atoms with E-state index in [9.17, 15) is 4.79 Å². The van der Waals surface area contributed by atoms with E-state index >= 15 is 0 Å². The Morgan fingerprint density at radius 2 is 1.86 bits per heavy atom. The van der Waals surface area contributed by atoms with E-state index in [2.05, 4.69) is 43.8 Å². The van der Waals surface area contributed by atoms with Crippen LogP contribution in [0, 0.1) is 0 Å². The highest BCUT2D eigenvalue weighted by Gasteiger charge is 2.15. The van der Waals surface area contributed by atoms with Crippen LogP contribution in [-0.4, -0.2) is 56.1 Å². The van der Waals surface area contributed by atoms with Crippen LogP contribution in [0.25, 0.3) is 0 Å². The Balaban J connectivity index is 2.82. The monoisotopic (exact) mass is 292 g/mol. The molecule has 0 saturated carbocycles. The van der Waals surface area contributed by atoms with Crippen LogP contribution in [-0.2, 0) is 22.5 Å². The summed E-state index contributed by atoms with van der Waals surface area (Å²) in [6, 6.07) is 8.58. The smallest absolute Gasteiger partial charge is 0.309 e. The minimum Gasteiger partial charge on any atom is -0.469 e. The molecule has 0 fully saturated rings. The second-order valence-corrected chi connectivity index (χ2v) is 5.70. The average molecular weight is 292 g/mol. The summed E-state index contributed by atoms with van der Waals surface area (Å²) in [4.78, 5) is 16.2. The molecule has 0 amide bonds. The van der Waals surface area contributed by atoms with Crippen molar-refractivity contribution in [1.29, 1.82) is 0 Å². The number of carbonyl (C=O) groups is 1. The molecule has 0 radical (unpaired) electrons. The Bertz CT molecular complexity index is 446. The predicted molar refractivity (Wildman–Crippen MR) is 86.3 cm³/mol. The van der Waals surface area contributed by atoms with Gasteiger partial charge in [-0.1, -0.05) is 31.2 Å². The maximum Gasteiger partial charge on any atom is 0.309 e. The molecule has 0 spiro atoms. The summed E-state index contributed by atoms with van der Waals surface area (Å²) in [5.41, 5.74) is 2.26. The second-order valence-electron chi connectivity index (χ2n) is 5.70. The molecular weight excluding hydrogens is 264 g/mol. The summed E-state index contributed by atoms with van der Waals surface area (Å²) < 4.78 is 4.78. The number of ether oxygens (including phenoxy) is 1. The molecule has 118 valence electrons. The van der Waals surface area contributed by atoms with Gasteiger partial charge in [0.1, 0.15) is 0 Å². The van der Waals surface area contributed by atoms with Gasteiger partial charge in [0, 0.05) is 19.1 Å². The zero-order valence-electron chi connectivity index (χ0n) is 13.9. The van der Waals surface area contributed by atoms with Gasteiger partial charge < -0.3 is 9.64 Å². The Labute approximate surface area is 128 Å². The lowest BCUT2D eigenvalue weighted by Gasteiger charge is -2.30. The van der Waals surface area contributed by atoms with Crippen LogP contribution in [0.3, 0.4) is 0 Å². The quantitative estimate of drug-likeness (QED) is 0.688. The first-order chi connectivity index (χ1) is 9.97. The van der Waals surface area contributed by atoms with E-state index in [0.717, 1.165) is 25.2 Å². The van der Waals surface area contributed by atoms with Gasteiger partial charge in [0.25, 0.3) is 0 Å². The van der Waals surface area contributed by atoms with Gasteiger partial charge in [-0.05, 0) is 38.7 Å². The van der Waals surface area contributed by atoms with E-state index in [1.807, 2.05) is 18.2 Å². The summed E-state index contributed by atoms with van der Waals surface area (Å²) in [5, 5.41) is 0. The van der Waals surface area contributed by atoms with Crippen LogP contribution in [0.2, 0.25) is 0 Å². The molecule has 4 nitrogen and oxygen atoms in total. The zero-order valence-corrected chi connectivity index (χ0v) is 13.9. The van der Waals surface area contributed by atoms with Crippen molar-refractivity contribution in [2.75, 3.05) is 34.3 Å². The Morgan fingerprint density at radius 1 is 1.24 bits per heavy atom. The minimum atomic E-state index is -0.188. The highest BCUT2D eigenvalue weighted by molar-refractivity contribution is 5.72. The minimum absolute atomic E-state index is 0.188. The van der Waals surface area contributed by atoms with Crippen molar-refractivity contribution in [2.24, 2.45) is 0 Å². The molecule has 1 unspecified atom stereocenters. The standard InChI is InChI=1S/C17H28N2O2/c1-6-19(14(2)12-18(3)4)13-16-10-8-7-9-15(16)11-17(20)21-5/h7-10,14H,6,11-13H2,1-5H3. The van der Waals surface area contributed by atoms with E-state index in [-0.39, 0.29) is 5.97 Å². The lowest BCUT2D eigenvalue weighted by molar-refractivity contribution is -0.139. The normalized spacial score (nSPS) is 12.7. The number of hydrogen-bond donors (Lipinski definition) is 0. The largest absolute Gasteiger partial charge is 0.469 e. The molecule has 1 aromatic carbocycles.